The summed E-state index contributed by atoms with van der Waals surface area (Å²) in [6.45, 7) is 4.11. The number of rotatable bonds is 6. The predicted octanol–water partition coefficient (Wildman–Crippen LogP) is 2.78. The summed E-state index contributed by atoms with van der Waals surface area (Å²) < 4.78 is 5.47. The molecule has 2 rings (SSSR count). The summed E-state index contributed by atoms with van der Waals surface area (Å²) >= 11 is 0. The molecule has 110 valence electrons. The normalized spacial score (nSPS) is 10.4. The first kappa shape index (κ1) is 14.7. The summed E-state index contributed by atoms with van der Waals surface area (Å²) in [6.07, 6.45) is 1.40. The van der Waals surface area contributed by atoms with Crippen LogP contribution in [-0.2, 0) is 6.54 Å². The third-order valence-electron chi connectivity index (χ3n) is 2.65. The largest absolute Gasteiger partial charge is 0.475 e. The standard InChI is InChI=1S/C14H16N4O3/c1-10(2)21-14-7-13(16-9-17-14)15-8-11-5-3-4-6-12(11)18(19)20/h3-7,9-10H,8H2,1-2H3,(H,15,16,17). The molecule has 0 aliphatic rings. The van der Waals surface area contributed by atoms with Crippen molar-refractivity contribution in [2.24, 2.45) is 0 Å². The fraction of sp³-hybridized carbons (Fsp3) is 0.286. The van der Waals surface area contributed by atoms with Crippen molar-refractivity contribution in [2.45, 2.75) is 26.5 Å². The molecule has 1 N–H and O–H groups in total. The fourth-order valence-electron chi connectivity index (χ4n) is 1.77. The van der Waals surface area contributed by atoms with Crippen molar-refractivity contribution in [3.8, 4) is 5.88 Å². The van der Waals surface area contributed by atoms with Crippen LogP contribution in [0, 0.1) is 10.1 Å². The molecular weight excluding hydrogens is 272 g/mol. The molecule has 0 bridgehead atoms. The van der Waals surface area contributed by atoms with Gasteiger partial charge in [-0.05, 0) is 13.8 Å². The third kappa shape index (κ3) is 4.13. The number of anilines is 1. The molecule has 0 aliphatic carbocycles. The summed E-state index contributed by atoms with van der Waals surface area (Å²) in [5, 5.41) is 14.0. The highest BCUT2D eigenvalue weighted by molar-refractivity contribution is 5.44. The van der Waals surface area contributed by atoms with E-state index in [2.05, 4.69) is 15.3 Å². The van der Waals surface area contributed by atoms with Gasteiger partial charge in [0, 0.05) is 24.2 Å². The number of benzene rings is 1. The van der Waals surface area contributed by atoms with Crippen LogP contribution < -0.4 is 10.1 Å². The lowest BCUT2D eigenvalue weighted by Gasteiger charge is -2.10. The van der Waals surface area contributed by atoms with Crippen LogP contribution in [0.2, 0.25) is 0 Å². The Kier molecular flexibility index (Phi) is 4.65. The van der Waals surface area contributed by atoms with E-state index in [1.165, 1.54) is 12.4 Å². The number of nitro groups is 1. The number of ether oxygens (including phenoxy) is 1. The van der Waals surface area contributed by atoms with Gasteiger partial charge in [-0.3, -0.25) is 10.1 Å². The Labute approximate surface area is 122 Å². The van der Waals surface area contributed by atoms with Crippen LogP contribution >= 0.6 is 0 Å². The Balaban J connectivity index is 2.08. The van der Waals surface area contributed by atoms with Gasteiger partial charge in [-0.15, -0.1) is 0 Å². The number of hydrogen-bond acceptors (Lipinski definition) is 6. The molecule has 0 aliphatic heterocycles. The molecule has 7 nitrogen and oxygen atoms in total. The van der Waals surface area contributed by atoms with Crippen LogP contribution in [0.5, 0.6) is 5.88 Å². The molecule has 0 saturated carbocycles. The van der Waals surface area contributed by atoms with E-state index in [0.717, 1.165) is 0 Å². The van der Waals surface area contributed by atoms with Gasteiger partial charge in [0.15, 0.2) is 0 Å². The zero-order chi connectivity index (χ0) is 15.2. The van der Waals surface area contributed by atoms with Crippen LogP contribution in [0.4, 0.5) is 11.5 Å². The first-order chi connectivity index (χ1) is 10.1. The Hall–Kier alpha value is -2.70. The first-order valence-corrected chi connectivity index (χ1v) is 6.51. The number of nitrogens with zero attached hydrogens (tertiary/aromatic N) is 3. The maximum absolute atomic E-state index is 10.9. The van der Waals surface area contributed by atoms with Gasteiger partial charge in [0.1, 0.15) is 12.1 Å². The average molecular weight is 288 g/mol. The van der Waals surface area contributed by atoms with Gasteiger partial charge in [0.2, 0.25) is 5.88 Å². The lowest BCUT2D eigenvalue weighted by Crippen LogP contribution is -2.08. The highest BCUT2D eigenvalue weighted by atomic mass is 16.6. The van der Waals surface area contributed by atoms with Gasteiger partial charge in [-0.1, -0.05) is 18.2 Å². The maximum atomic E-state index is 10.9. The number of hydrogen-bond donors (Lipinski definition) is 1. The summed E-state index contributed by atoms with van der Waals surface area (Å²) in [4.78, 5) is 18.6. The van der Waals surface area contributed by atoms with E-state index in [1.54, 1.807) is 24.3 Å². The van der Waals surface area contributed by atoms with E-state index in [4.69, 9.17) is 4.74 Å². The van der Waals surface area contributed by atoms with E-state index in [0.29, 0.717) is 23.8 Å². The molecule has 7 heteroatoms. The Morgan fingerprint density at radius 3 is 2.81 bits per heavy atom. The first-order valence-electron chi connectivity index (χ1n) is 6.51. The topological polar surface area (TPSA) is 90.2 Å². The highest BCUT2D eigenvalue weighted by Crippen LogP contribution is 2.19. The van der Waals surface area contributed by atoms with Crippen LogP contribution in [0.1, 0.15) is 19.4 Å². The van der Waals surface area contributed by atoms with Gasteiger partial charge in [0.25, 0.3) is 5.69 Å². The Bertz CT molecular complexity index is 631. The lowest BCUT2D eigenvalue weighted by atomic mass is 10.2. The van der Waals surface area contributed by atoms with E-state index < -0.39 is 4.92 Å². The number of nitro benzene ring substituents is 1. The van der Waals surface area contributed by atoms with E-state index >= 15 is 0 Å². The third-order valence-corrected chi connectivity index (χ3v) is 2.65. The lowest BCUT2D eigenvalue weighted by molar-refractivity contribution is -0.385. The molecule has 1 heterocycles. The van der Waals surface area contributed by atoms with E-state index in [-0.39, 0.29) is 11.8 Å². The fourth-order valence-corrected chi connectivity index (χ4v) is 1.77. The van der Waals surface area contributed by atoms with Crippen LogP contribution in [-0.4, -0.2) is 21.0 Å². The quantitative estimate of drug-likeness (QED) is 0.649. The van der Waals surface area contributed by atoms with Crippen molar-refractivity contribution in [1.82, 2.24) is 9.97 Å². The molecule has 1 aromatic carbocycles. The van der Waals surface area contributed by atoms with Gasteiger partial charge in [-0.25, -0.2) is 9.97 Å². The number of para-hydroxylation sites is 1. The molecule has 21 heavy (non-hydrogen) atoms. The van der Waals surface area contributed by atoms with Crippen molar-refractivity contribution in [2.75, 3.05) is 5.32 Å². The minimum absolute atomic E-state index is 0.0166. The zero-order valence-corrected chi connectivity index (χ0v) is 11.8. The maximum Gasteiger partial charge on any atom is 0.274 e. The molecular formula is C14H16N4O3. The van der Waals surface area contributed by atoms with Gasteiger partial charge < -0.3 is 10.1 Å². The summed E-state index contributed by atoms with van der Waals surface area (Å²) in [7, 11) is 0. The zero-order valence-electron chi connectivity index (χ0n) is 11.8. The predicted molar refractivity (Wildman–Crippen MR) is 78.2 cm³/mol. The Morgan fingerprint density at radius 2 is 2.10 bits per heavy atom. The molecule has 0 spiro atoms. The average Bonchev–Trinajstić information content (AvgIpc) is 2.45. The molecule has 0 amide bonds. The van der Waals surface area contributed by atoms with Gasteiger partial charge in [-0.2, -0.15) is 0 Å². The second-order valence-corrected chi connectivity index (χ2v) is 4.65. The molecule has 2 aromatic rings. The molecule has 0 radical (unpaired) electrons. The second-order valence-electron chi connectivity index (χ2n) is 4.65. The molecule has 0 fully saturated rings. The second kappa shape index (κ2) is 6.65. The molecule has 0 unspecified atom stereocenters. The van der Waals surface area contributed by atoms with Crippen molar-refractivity contribution in [3.63, 3.8) is 0 Å². The van der Waals surface area contributed by atoms with Crippen molar-refractivity contribution >= 4 is 11.5 Å². The van der Waals surface area contributed by atoms with Gasteiger partial charge in [0.05, 0.1) is 11.0 Å². The number of aromatic nitrogens is 2. The monoisotopic (exact) mass is 288 g/mol. The van der Waals surface area contributed by atoms with Gasteiger partial charge >= 0.3 is 0 Å². The minimum Gasteiger partial charge on any atom is -0.475 e. The molecule has 1 aromatic heterocycles. The smallest absolute Gasteiger partial charge is 0.274 e. The summed E-state index contributed by atoms with van der Waals surface area (Å²) in [5.41, 5.74) is 0.671. The van der Waals surface area contributed by atoms with Crippen molar-refractivity contribution in [3.05, 3.63) is 52.3 Å². The Morgan fingerprint density at radius 1 is 1.33 bits per heavy atom. The molecule has 0 saturated heterocycles. The highest BCUT2D eigenvalue weighted by Gasteiger charge is 2.12. The SMILES string of the molecule is CC(C)Oc1cc(NCc2ccccc2[N+](=O)[O-])ncn1. The number of nitrogens with one attached hydrogen (secondary N) is 1. The molecule has 0 atom stereocenters. The van der Waals surface area contributed by atoms with Crippen LogP contribution in [0.15, 0.2) is 36.7 Å². The van der Waals surface area contributed by atoms with E-state index in [9.17, 15) is 10.1 Å². The summed E-state index contributed by atoms with van der Waals surface area (Å²) in [6, 6.07) is 8.25. The van der Waals surface area contributed by atoms with Crippen molar-refractivity contribution < 1.29 is 9.66 Å². The minimum atomic E-state index is -0.399. The summed E-state index contributed by atoms with van der Waals surface area (Å²) in [5.74, 6) is 1.02. The van der Waals surface area contributed by atoms with Crippen LogP contribution in [0.3, 0.4) is 0 Å². The van der Waals surface area contributed by atoms with E-state index in [1.807, 2.05) is 13.8 Å². The van der Waals surface area contributed by atoms with Crippen molar-refractivity contribution in [1.29, 1.82) is 0 Å². The van der Waals surface area contributed by atoms with Crippen LogP contribution in [0.25, 0.3) is 0 Å².